The molecule has 0 amide bonds. The molecule has 2 bridgehead atoms. The minimum atomic E-state index is 0.157. The van der Waals surface area contributed by atoms with Crippen LogP contribution < -0.4 is 5.73 Å². The average molecular weight is 248 g/mol. The highest BCUT2D eigenvalue weighted by molar-refractivity contribution is 5.10. The van der Waals surface area contributed by atoms with Gasteiger partial charge < -0.3 is 10.6 Å². The van der Waals surface area contributed by atoms with Crippen molar-refractivity contribution in [3.63, 3.8) is 0 Å². The van der Waals surface area contributed by atoms with Gasteiger partial charge in [-0.15, -0.1) is 0 Å². The van der Waals surface area contributed by atoms with Crippen LogP contribution in [0.25, 0.3) is 0 Å². The summed E-state index contributed by atoms with van der Waals surface area (Å²) in [7, 11) is 2.28. The highest BCUT2D eigenvalue weighted by Gasteiger charge is 2.40. The van der Waals surface area contributed by atoms with E-state index in [0.29, 0.717) is 5.92 Å². The lowest BCUT2D eigenvalue weighted by molar-refractivity contribution is 0.119. The summed E-state index contributed by atoms with van der Waals surface area (Å²) in [5.41, 5.74) is 7.72. The normalized spacial score (nSPS) is 33.8. The second-order valence-corrected chi connectivity index (χ2v) is 5.88. The van der Waals surface area contributed by atoms with Crippen molar-refractivity contribution in [2.75, 3.05) is 7.05 Å². The van der Waals surface area contributed by atoms with Gasteiger partial charge in [0, 0.05) is 30.9 Å². The van der Waals surface area contributed by atoms with Crippen LogP contribution in [0.2, 0.25) is 0 Å². The maximum atomic E-state index is 6.51. The van der Waals surface area contributed by atoms with Gasteiger partial charge >= 0.3 is 0 Å². The Labute approximate surface area is 109 Å². The molecule has 3 atom stereocenters. The Balaban J connectivity index is 1.76. The zero-order valence-electron chi connectivity index (χ0n) is 11.4. The molecule has 2 aliphatic heterocycles. The summed E-state index contributed by atoms with van der Waals surface area (Å²) >= 11 is 0. The predicted octanol–water partition coefficient (Wildman–Crippen LogP) is 1.78. The third-order valence-electron chi connectivity index (χ3n) is 5.03. The quantitative estimate of drug-likeness (QED) is 0.887. The van der Waals surface area contributed by atoms with E-state index < -0.39 is 0 Å². The summed E-state index contributed by atoms with van der Waals surface area (Å²) in [5.74, 6) is 0.626. The first-order valence-corrected chi connectivity index (χ1v) is 7.20. The molecule has 2 aliphatic rings. The lowest BCUT2D eigenvalue weighted by atomic mass is 9.84. The predicted molar refractivity (Wildman–Crippen MR) is 72.1 cm³/mol. The van der Waals surface area contributed by atoms with Gasteiger partial charge in [0.2, 0.25) is 0 Å². The number of nitrogens with zero attached hydrogens (tertiary/aromatic N) is 3. The molecule has 0 radical (unpaired) electrons. The third-order valence-corrected chi connectivity index (χ3v) is 5.03. The van der Waals surface area contributed by atoms with Crippen molar-refractivity contribution in [2.45, 2.75) is 57.3 Å². The Morgan fingerprint density at radius 1 is 1.39 bits per heavy atom. The molecule has 4 heteroatoms. The Morgan fingerprint density at radius 3 is 2.67 bits per heavy atom. The van der Waals surface area contributed by atoms with Gasteiger partial charge in [-0.1, -0.05) is 0 Å². The second-order valence-electron chi connectivity index (χ2n) is 5.88. The largest absolute Gasteiger partial charge is 0.322 e. The highest BCUT2D eigenvalue weighted by atomic mass is 15.3. The van der Waals surface area contributed by atoms with Crippen LogP contribution in [0.1, 0.15) is 44.3 Å². The average Bonchev–Trinajstić information content (AvgIpc) is 2.90. The van der Waals surface area contributed by atoms with Crippen LogP contribution >= 0.6 is 0 Å². The van der Waals surface area contributed by atoms with Gasteiger partial charge in [0.15, 0.2) is 0 Å². The molecule has 100 valence electrons. The fourth-order valence-electron chi connectivity index (χ4n) is 3.88. The van der Waals surface area contributed by atoms with Gasteiger partial charge in [-0.2, -0.15) is 5.10 Å². The van der Waals surface area contributed by atoms with Crippen molar-refractivity contribution in [3.8, 4) is 0 Å². The van der Waals surface area contributed by atoms with E-state index in [-0.39, 0.29) is 6.04 Å². The number of fused-ring (bicyclic) bond motifs is 2. The third kappa shape index (κ3) is 1.88. The van der Waals surface area contributed by atoms with Crippen molar-refractivity contribution < 1.29 is 0 Å². The fourth-order valence-corrected chi connectivity index (χ4v) is 3.88. The van der Waals surface area contributed by atoms with Crippen LogP contribution in [0, 0.1) is 5.92 Å². The Kier molecular flexibility index (Phi) is 3.16. The van der Waals surface area contributed by atoms with Crippen molar-refractivity contribution in [2.24, 2.45) is 11.7 Å². The Bertz CT molecular complexity index is 400. The molecule has 4 nitrogen and oxygen atoms in total. The molecule has 2 fully saturated rings. The van der Waals surface area contributed by atoms with Gasteiger partial charge in [-0.25, -0.2) is 0 Å². The SMILES string of the molecule is CCn1nccc1C(N)C1CC2CCC(C1)N2C. The summed E-state index contributed by atoms with van der Waals surface area (Å²) in [5, 5.41) is 4.35. The van der Waals surface area contributed by atoms with Crippen LogP contribution in [-0.2, 0) is 6.54 Å². The first-order chi connectivity index (χ1) is 8.70. The zero-order valence-corrected chi connectivity index (χ0v) is 11.4. The van der Waals surface area contributed by atoms with E-state index in [9.17, 15) is 0 Å². The maximum absolute atomic E-state index is 6.51. The molecule has 2 saturated heterocycles. The first-order valence-electron chi connectivity index (χ1n) is 7.20. The van der Waals surface area contributed by atoms with E-state index in [4.69, 9.17) is 5.73 Å². The lowest BCUT2D eigenvalue weighted by Gasteiger charge is -2.38. The molecule has 2 N–H and O–H groups in total. The molecule has 3 rings (SSSR count). The second kappa shape index (κ2) is 4.67. The Hall–Kier alpha value is -0.870. The number of hydrogen-bond donors (Lipinski definition) is 1. The van der Waals surface area contributed by atoms with Crippen LogP contribution in [0.4, 0.5) is 0 Å². The van der Waals surface area contributed by atoms with E-state index in [1.807, 2.05) is 10.9 Å². The monoisotopic (exact) mass is 248 g/mol. The topological polar surface area (TPSA) is 47.1 Å². The molecular weight excluding hydrogens is 224 g/mol. The fraction of sp³-hybridized carbons (Fsp3) is 0.786. The van der Waals surface area contributed by atoms with Crippen LogP contribution in [-0.4, -0.2) is 33.8 Å². The van der Waals surface area contributed by atoms with Gasteiger partial charge in [0.25, 0.3) is 0 Å². The van der Waals surface area contributed by atoms with Gasteiger partial charge in [-0.3, -0.25) is 4.68 Å². The minimum absolute atomic E-state index is 0.157. The number of aryl methyl sites for hydroxylation is 1. The van der Waals surface area contributed by atoms with Crippen LogP contribution in [0.3, 0.4) is 0 Å². The molecule has 3 unspecified atom stereocenters. The molecule has 18 heavy (non-hydrogen) atoms. The number of piperidine rings is 1. The smallest absolute Gasteiger partial charge is 0.0554 e. The summed E-state index contributed by atoms with van der Waals surface area (Å²) in [4.78, 5) is 2.57. The highest BCUT2D eigenvalue weighted by Crippen LogP contribution is 2.41. The summed E-state index contributed by atoms with van der Waals surface area (Å²) in [6.07, 6.45) is 7.10. The van der Waals surface area contributed by atoms with Crippen molar-refractivity contribution >= 4 is 0 Å². The van der Waals surface area contributed by atoms with E-state index in [2.05, 4.69) is 30.0 Å². The van der Waals surface area contributed by atoms with Crippen molar-refractivity contribution in [3.05, 3.63) is 18.0 Å². The van der Waals surface area contributed by atoms with E-state index >= 15 is 0 Å². The van der Waals surface area contributed by atoms with E-state index in [0.717, 1.165) is 18.6 Å². The van der Waals surface area contributed by atoms with E-state index in [1.165, 1.54) is 31.4 Å². The molecule has 0 aliphatic carbocycles. The number of hydrogen-bond acceptors (Lipinski definition) is 3. The van der Waals surface area contributed by atoms with Crippen LogP contribution in [0.5, 0.6) is 0 Å². The molecule has 0 saturated carbocycles. The van der Waals surface area contributed by atoms with Gasteiger partial charge in [0.05, 0.1) is 5.69 Å². The number of aromatic nitrogens is 2. The van der Waals surface area contributed by atoms with Crippen molar-refractivity contribution in [1.82, 2.24) is 14.7 Å². The molecule has 3 heterocycles. The van der Waals surface area contributed by atoms with Gasteiger partial charge in [-0.05, 0) is 51.6 Å². The Morgan fingerprint density at radius 2 is 2.06 bits per heavy atom. The number of nitrogens with two attached hydrogens (primary N) is 1. The maximum Gasteiger partial charge on any atom is 0.0554 e. The molecule has 1 aromatic rings. The van der Waals surface area contributed by atoms with Crippen molar-refractivity contribution in [1.29, 1.82) is 0 Å². The standard InChI is InChI=1S/C14H24N4/c1-3-18-13(6-7-16-18)14(15)10-8-11-4-5-12(9-10)17(11)2/h6-7,10-12,14H,3-5,8-9,15H2,1-2H3. The summed E-state index contributed by atoms with van der Waals surface area (Å²) in [6, 6.07) is 3.77. The molecule has 0 spiro atoms. The van der Waals surface area contributed by atoms with Crippen LogP contribution in [0.15, 0.2) is 12.3 Å². The lowest BCUT2D eigenvalue weighted by Crippen LogP contribution is -2.43. The summed E-state index contributed by atoms with van der Waals surface area (Å²) < 4.78 is 2.05. The molecule has 0 aromatic carbocycles. The zero-order chi connectivity index (χ0) is 12.7. The summed E-state index contributed by atoms with van der Waals surface area (Å²) in [6.45, 7) is 3.04. The van der Waals surface area contributed by atoms with Gasteiger partial charge in [0.1, 0.15) is 0 Å². The molecular formula is C14H24N4. The molecule has 1 aromatic heterocycles. The minimum Gasteiger partial charge on any atom is -0.322 e. The number of rotatable bonds is 3. The van der Waals surface area contributed by atoms with E-state index in [1.54, 1.807) is 0 Å². The first kappa shape index (κ1) is 12.2.